The normalized spacial score (nSPS) is 19.8. The third kappa shape index (κ3) is 2.04. The Morgan fingerprint density at radius 3 is 2.83 bits per heavy atom. The van der Waals surface area contributed by atoms with Gasteiger partial charge in [-0.1, -0.05) is 0 Å². The first kappa shape index (κ1) is 9.19. The third-order valence-corrected chi connectivity index (χ3v) is 2.00. The zero-order valence-electron chi connectivity index (χ0n) is 7.54. The summed E-state index contributed by atoms with van der Waals surface area (Å²) in [6, 6.07) is 0. The van der Waals surface area contributed by atoms with Crippen LogP contribution in [0.3, 0.4) is 0 Å². The summed E-state index contributed by atoms with van der Waals surface area (Å²) in [5.41, 5.74) is 0. The molecule has 0 atom stereocenters. The highest BCUT2D eigenvalue weighted by Crippen LogP contribution is 2.09. The Morgan fingerprint density at radius 1 is 1.58 bits per heavy atom. The molecule has 0 spiro atoms. The van der Waals surface area contributed by atoms with Crippen molar-refractivity contribution in [2.45, 2.75) is 19.8 Å². The van der Waals surface area contributed by atoms with E-state index in [0.29, 0.717) is 13.0 Å². The first-order chi connectivity index (χ1) is 5.61. The first-order valence-corrected chi connectivity index (χ1v) is 4.12. The lowest BCUT2D eigenvalue weighted by molar-refractivity contribution is -0.153. The smallest absolute Gasteiger partial charge is 0.236 e. The van der Waals surface area contributed by atoms with Crippen molar-refractivity contribution in [1.29, 1.82) is 0 Å². The number of nitrogens with zero attached hydrogens (tertiary/aromatic N) is 2. The predicted octanol–water partition coefficient (Wildman–Crippen LogP) is 0.0446. The van der Waals surface area contributed by atoms with Gasteiger partial charge in [-0.25, -0.2) is 5.01 Å². The fourth-order valence-corrected chi connectivity index (χ4v) is 1.32. The van der Waals surface area contributed by atoms with Crippen LogP contribution in [-0.4, -0.2) is 41.8 Å². The molecule has 1 heterocycles. The molecule has 0 aromatic rings. The molecule has 4 heteroatoms. The van der Waals surface area contributed by atoms with E-state index in [-0.39, 0.29) is 11.7 Å². The van der Waals surface area contributed by atoms with Crippen LogP contribution in [0.1, 0.15) is 19.8 Å². The molecule has 1 fully saturated rings. The molecule has 0 N–H and O–H groups in total. The summed E-state index contributed by atoms with van der Waals surface area (Å²) in [5, 5.41) is 3.33. The lowest BCUT2D eigenvalue weighted by atomic mass is 10.2. The number of carbonyl (C=O) groups excluding carboxylic acids is 2. The summed E-state index contributed by atoms with van der Waals surface area (Å²) in [5.74, 6) is 0.194. The summed E-state index contributed by atoms with van der Waals surface area (Å²) in [6.07, 6.45) is 1.46. The minimum atomic E-state index is 0.0940. The van der Waals surface area contributed by atoms with Gasteiger partial charge in [0.1, 0.15) is 5.78 Å². The Balaban J connectivity index is 2.52. The van der Waals surface area contributed by atoms with Crippen LogP contribution in [0.15, 0.2) is 0 Å². The van der Waals surface area contributed by atoms with E-state index < -0.39 is 0 Å². The van der Waals surface area contributed by atoms with Crippen molar-refractivity contribution >= 4 is 11.7 Å². The molecule has 0 aromatic heterocycles. The Morgan fingerprint density at radius 2 is 2.25 bits per heavy atom. The summed E-state index contributed by atoms with van der Waals surface area (Å²) < 4.78 is 0. The fourth-order valence-electron chi connectivity index (χ4n) is 1.32. The van der Waals surface area contributed by atoms with E-state index in [1.807, 2.05) is 0 Å². The van der Waals surface area contributed by atoms with Crippen molar-refractivity contribution < 1.29 is 9.59 Å². The molecule has 1 rings (SSSR count). The van der Waals surface area contributed by atoms with E-state index in [2.05, 4.69) is 0 Å². The molecule has 4 nitrogen and oxygen atoms in total. The number of Topliss-reactive ketones (excluding diaryl/α,β-unsaturated/α-hetero) is 1. The summed E-state index contributed by atoms with van der Waals surface area (Å²) in [7, 11) is 1.71. The largest absolute Gasteiger partial charge is 0.298 e. The Hall–Kier alpha value is -0.900. The van der Waals surface area contributed by atoms with E-state index >= 15 is 0 Å². The van der Waals surface area contributed by atoms with E-state index in [0.717, 1.165) is 13.0 Å². The molecule has 68 valence electrons. The maximum Gasteiger partial charge on any atom is 0.236 e. The van der Waals surface area contributed by atoms with Gasteiger partial charge in [-0.15, -0.1) is 0 Å². The SMILES string of the molecule is CC(=O)CN1CCCC(=O)N1C. The molecule has 0 aromatic carbocycles. The van der Waals surface area contributed by atoms with Crippen molar-refractivity contribution in [3.05, 3.63) is 0 Å². The van der Waals surface area contributed by atoms with Gasteiger partial charge in [0, 0.05) is 20.0 Å². The quantitative estimate of drug-likeness (QED) is 0.587. The predicted molar refractivity (Wildman–Crippen MR) is 44.3 cm³/mol. The highest BCUT2D eigenvalue weighted by atomic mass is 16.2. The summed E-state index contributed by atoms with van der Waals surface area (Å²) in [6.45, 7) is 2.69. The third-order valence-electron chi connectivity index (χ3n) is 2.00. The average molecular weight is 170 g/mol. The van der Waals surface area contributed by atoms with Gasteiger partial charge in [0.2, 0.25) is 5.91 Å². The van der Waals surface area contributed by atoms with Crippen LogP contribution in [0.25, 0.3) is 0 Å². The lowest BCUT2D eigenvalue weighted by Crippen LogP contribution is -2.49. The van der Waals surface area contributed by atoms with Crippen molar-refractivity contribution in [3.8, 4) is 0 Å². The van der Waals surface area contributed by atoms with E-state index in [9.17, 15) is 9.59 Å². The number of rotatable bonds is 2. The van der Waals surface area contributed by atoms with Gasteiger partial charge in [0.05, 0.1) is 6.54 Å². The average Bonchev–Trinajstić information content (AvgIpc) is 1.98. The summed E-state index contributed by atoms with van der Waals surface area (Å²) in [4.78, 5) is 21.9. The highest BCUT2D eigenvalue weighted by Gasteiger charge is 2.22. The van der Waals surface area contributed by atoms with E-state index in [4.69, 9.17) is 0 Å². The fraction of sp³-hybridized carbons (Fsp3) is 0.750. The Kier molecular flexibility index (Phi) is 2.81. The number of hydrogen-bond acceptors (Lipinski definition) is 3. The zero-order valence-corrected chi connectivity index (χ0v) is 7.54. The molecule has 0 saturated carbocycles. The van der Waals surface area contributed by atoms with Gasteiger partial charge in [-0.2, -0.15) is 0 Å². The molecular weight excluding hydrogens is 156 g/mol. The molecule has 0 radical (unpaired) electrons. The topological polar surface area (TPSA) is 40.6 Å². The standard InChI is InChI=1S/C8H14N2O2/c1-7(11)6-10-5-3-4-8(12)9(10)2/h3-6H2,1-2H3. The van der Waals surface area contributed by atoms with Crippen molar-refractivity contribution in [2.75, 3.05) is 20.1 Å². The van der Waals surface area contributed by atoms with Crippen LogP contribution in [0.4, 0.5) is 0 Å². The maximum atomic E-state index is 11.2. The van der Waals surface area contributed by atoms with E-state index in [1.54, 1.807) is 17.1 Å². The molecular formula is C8H14N2O2. The van der Waals surface area contributed by atoms with Crippen LogP contribution in [0, 0.1) is 0 Å². The van der Waals surface area contributed by atoms with Crippen molar-refractivity contribution in [3.63, 3.8) is 0 Å². The van der Waals surface area contributed by atoms with Gasteiger partial charge in [-0.05, 0) is 13.3 Å². The number of amides is 1. The Bertz CT molecular complexity index is 203. The lowest BCUT2D eigenvalue weighted by Gasteiger charge is -2.34. The second-order valence-electron chi connectivity index (χ2n) is 3.11. The van der Waals surface area contributed by atoms with Crippen molar-refractivity contribution in [2.24, 2.45) is 0 Å². The minimum absolute atomic E-state index is 0.0940. The first-order valence-electron chi connectivity index (χ1n) is 4.12. The number of hydrogen-bond donors (Lipinski definition) is 0. The summed E-state index contributed by atoms with van der Waals surface area (Å²) >= 11 is 0. The highest BCUT2D eigenvalue weighted by molar-refractivity contribution is 5.79. The van der Waals surface area contributed by atoms with Crippen LogP contribution in [0.5, 0.6) is 0 Å². The Labute approximate surface area is 72.1 Å². The molecule has 0 aliphatic carbocycles. The van der Waals surface area contributed by atoms with Crippen LogP contribution in [-0.2, 0) is 9.59 Å². The zero-order chi connectivity index (χ0) is 9.14. The molecule has 1 amide bonds. The van der Waals surface area contributed by atoms with Gasteiger partial charge in [0.15, 0.2) is 0 Å². The van der Waals surface area contributed by atoms with Crippen LogP contribution < -0.4 is 0 Å². The molecule has 0 bridgehead atoms. The van der Waals surface area contributed by atoms with Gasteiger partial charge >= 0.3 is 0 Å². The van der Waals surface area contributed by atoms with Gasteiger partial charge in [-0.3, -0.25) is 14.6 Å². The van der Waals surface area contributed by atoms with Crippen molar-refractivity contribution in [1.82, 2.24) is 10.0 Å². The number of hydrazine groups is 1. The molecule has 1 aliphatic rings. The number of carbonyl (C=O) groups is 2. The van der Waals surface area contributed by atoms with Gasteiger partial charge in [0.25, 0.3) is 0 Å². The minimum Gasteiger partial charge on any atom is -0.298 e. The second kappa shape index (κ2) is 3.67. The van der Waals surface area contributed by atoms with E-state index in [1.165, 1.54) is 6.92 Å². The van der Waals surface area contributed by atoms with Gasteiger partial charge < -0.3 is 0 Å². The second-order valence-corrected chi connectivity index (χ2v) is 3.11. The van der Waals surface area contributed by atoms with Crippen LogP contribution >= 0.6 is 0 Å². The molecule has 1 aliphatic heterocycles. The van der Waals surface area contributed by atoms with Crippen LogP contribution in [0.2, 0.25) is 0 Å². The molecule has 0 unspecified atom stereocenters. The molecule has 1 saturated heterocycles. The number of ketones is 1. The maximum absolute atomic E-state index is 11.2. The molecule has 12 heavy (non-hydrogen) atoms. The monoisotopic (exact) mass is 170 g/mol.